The number of benzene rings is 2. The fraction of sp³-hybridized carbons (Fsp3) is 0.320. The third-order valence-corrected chi connectivity index (χ3v) is 5.73. The van der Waals surface area contributed by atoms with Gasteiger partial charge in [0.05, 0.1) is 5.69 Å². The number of aryl methyl sites for hydroxylation is 1. The SMILES string of the molecule is CCn1nc(-c2ccccc2)c(-c2ccccc2)c(C(=O)NC2CCCCC2)c1=O. The van der Waals surface area contributed by atoms with Crippen molar-refractivity contribution in [2.45, 2.75) is 51.6 Å². The number of hydrogen-bond acceptors (Lipinski definition) is 3. The molecule has 0 spiro atoms. The summed E-state index contributed by atoms with van der Waals surface area (Å²) < 4.78 is 1.39. The van der Waals surface area contributed by atoms with Crippen molar-refractivity contribution in [3.63, 3.8) is 0 Å². The van der Waals surface area contributed by atoms with E-state index in [9.17, 15) is 9.59 Å². The van der Waals surface area contributed by atoms with E-state index >= 15 is 0 Å². The van der Waals surface area contributed by atoms with Gasteiger partial charge in [0.2, 0.25) is 0 Å². The Bertz CT molecular complexity index is 1070. The van der Waals surface area contributed by atoms with E-state index in [1.807, 2.05) is 67.6 Å². The Morgan fingerprint density at radius 3 is 2.17 bits per heavy atom. The van der Waals surface area contributed by atoms with Crippen molar-refractivity contribution in [1.82, 2.24) is 15.1 Å². The molecule has 0 unspecified atom stereocenters. The topological polar surface area (TPSA) is 64.0 Å². The lowest BCUT2D eigenvalue weighted by Crippen LogP contribution is -2.41. The van der Waals surface area contributed by atoms with Gasteiger partial charge in [0.25, 0.3) is 11.5 Å². The van der Waals surface area contributed by atoms with E-state index in [0.717, 1.165) is 36.8 Å². The fourth-order valence-electron chi connectivity index (χ4n) is 4.18. The van der Waals surface area contributed by atoms with Gasteiger partial charge in [-0.15, -0.1) is 0 Å². The molecule has 1 N–H and O–H groups in total. The summed E-state index contributed by atoms with van der Waals surface area (Å²) in [4.78, 5) is 26.7. The van der Waals surface area contributed by atoms with Crippen molar-refractivity contribution >= 4 is 5.91 Å². The average molecular weight is 402 g/mol. The molecule has 30 heavy (non-hydrogen) atoms. The van der Waals surface area contributed by atoms with Gasteiger partial charge in [-0.3, -0.25) is 9.59 Å². The molecule has 0 atom stereocenters. The minimum absolute atomic E-state index is 0.123. The summed E-state index contributed by atoms with van der Waals surface area (Å²) in [7, 11) is 0. The predicted octanol–water partition coefficient (Wildman–Crippen LogP) is 4.66. The quantitative estimate of drug-likeness (QED) is 0.676. The van der Waals surface area contributed by atoms with Gasteiger partial charge in [0.15, 0.2) is 0 Å². The second-order valence-electron chi connectivity index (χ2n) is 7.76. The zero-order valence-corrected chi connectivity index (χ0v) is 17.3. The maximum Gasteiger partial charge on any atom is 0.280 e. The third kappa shape index (κ3) is 4.06. The third-order valence-electron chi connectivity index (χ3n) is 5.73. The Kier molecular flexibility index (Phi) is 6.07. The second kappa shape index (κ2) is 9.08. The van der Waals surface area contributed by atoms with Gasteiger partial charge in [-0.25, -0.2) is 4.68 Å². The van der Waals surface area contributed by atoms with Crippen molar-refractivity contribution in [2.75, 3.05) is 0 Å². The maximum atomic E-state index is 13.4. The second-order valence-corrected chi connectivity index (χ2v) is 7.76. The summed E-state index contributed by atoms with van der Waals surface area (Å²) in [5.74, 6) is -0.299. The number of carbonyl (C=O) groups excluding carboxylic acids is 1. The van der Waals surface area contributed by atoms with Crippen LogP contribution in [0, 0.1) is 0 Å². The van der Waals surface area contributed by atoms with Crippen molar-refractivity contribution in [3.05, 3.63) is 76.6 Å². The lowest BCUT2D eigenvalue weighted by Gasteiger charge is -2.24. The van der Waals surface area contributed by atoms with Crippen LogP contribution in [0.4, 0.5) is 0 Å². The number of nitrogens with one attached hydrogen (secondary N) is 1. The van der Waals surface area contributed by atoms with Gasteiger partial charge < -0.3 is 5.32 Å². The number of nitrogens with zero attached hydrogens (tertiary/aromatic N) is 2. The minimum atomic E-state index is -0.343. The van der Waals surface area contributed by atoms with Crippen molar-refractivity contribution in [1.29, 1.82) is 0 Å². The van der Waals surface area contributed by atoms with Crippen LogP contribution in [-0.2, 0) is 6.54 Å². The molecule has 2 aromatic carbocycles. The molecule has 1 fully saturated rings. The molecule has 0 bridgehead atoms. The summed E-state index contributed by atoms with van der Waals surface area (Å²) in [5, 5.41) is 7.79. The highest BCUT2D eigenvalue weighted by molar-refractivity contribution is 6.03. The number of amides is 1. The molecule has 1 aliphatic carbocycles. The largest absolute Gasteiger partial charge is 0.349 e. The van der Waals surface area contributed by atoms with E-state index in [-0.39, 0.29) is 23.1 Å². The molecule has 1 amide bonds. The predicted molar refractivity (Wildman–Crippen MR) is 119 cm³/mol. The molecule has 5 nitrogen and oxygen atoms in total. The van der Waals surface area contributed by atoms with Crippen molar-refractivity contribution < 1.29 is 4.79 Å². The molecule has 1 saturated carbocycles. The van der Waals surface area contributed by atoms with E-state index in [1.165, 1.54) is 11.1 Å². The van der Waals surface area contributed by atoms with Gasteiger partial charge in [-0.2, -0.15) is 5.10 Å². The highest BCUT2D eigenvalue weighted by Gasteiger charge is 2.26. The van der Waals surface area contributed by atoms with E-state index in [0.29, 0.717) is 17.8 Å². The maximum absolute atomic E-state index is 13.4. The number of rotatable bonds is 5. The van der Waals surface area contributed by atoms with E-state index in [4.69, 9.17) is 0 Å². The first-order valence-corrected chi connectivity index (χ1v) is 10.8. The van der Waals surface area contributed by atoms with Gasteiger partial charge in [0, 0.05) is 23.7 Å². The van der Waals surface area contributed by atoms with Crippen molar-refractivity contribution in [3.8, 4) is 22.4 Å². The molecule has 5 heteroatoms. The highest BCUT2D eigenvalue weighted by Crippen LogP contribution is 2.32. The summed E-state index contributed by atoms with van der Waals surface area (Å²) in [6.45, 7) is 2.27. The van der Waals surface area contributed by atoms with Gasteiger partial charge >= 0.3 is 0 Å². The molecule has 0 radical (unpaired) electrons. The zero-order chi connectivity index (χ0) is 20.9. The average Bonchev–Trinajstić information content (AvgIpc) is 2.80. The molecule has 4 rings (SSSR count). The van der Waals surface area contributed by atoms with Gasteiger partial charge in [0.1, 0.15) is 5.56 Å². The van der Waals surface area contributed by atoms with Crippen LogP contribution in [0.1, 0.15) is 49.4 Å². The lowest BCUT2D eigenvalue weighted by atomic mass is 9.93. The van der Waals surface area contributed by atoms with E-state index < -0.39 is 0 Å². The molecule has 1 heterocycles. The smallest absolute Gasteiger partial charge is 0.280 e. The Balaban J connectivity index is 1.92. The molecule has 0 aliphatic heterocycles. The fourth-order valence-corrected chi connectivity index (χ4v) is 4.18. The molecule has 1 aliphatic rings. The molecule has 154 valence electrons. The normalized spacial score (nSPS) is 14.4. The molecular formula is C25H27N3O2. The Morgan fingerprint density at radius 1 is 0.967 bits per heavy atom. The molecule has 3 aromatic rings. The van der Waals surface area contributed by atoms with Gasteiger partial charge in [-0.1, -0.05) is 79.9 Å². The van der Waals surface area contributed by atoms with E-state index in [2.05, 4.69) is 10.4 Å². The van der Waals surface area contributed by atoms with Crippen LogP contribution in [0.3, 0.4) is 0 Å². The first kappa shape index (κ1) is 20.1. The summed E-state index contributed by atoms with van der Waals surface area (Å²) in [6, 6.07) is 19.5. The molecule has 0 saturated heterocycles. The molecule has 1 aromatic heterocycles. The Morgan fingerprint density at radius 2 is 1.57 bits per heavy atom. The summed E-state index contributed by atoms with van der Waals surface area (Å²) in [5.41, 5.74) is 2.79. The van der Waals surface area contributed by atoms with Crippen LogP contribution in [-0.4, -0.2) is 21.7 Å². The molecular weight excluding hydrogens is 374 g/mol. The Hall–Kier alpha value is -3.21. The summed E-state index contributed by atoms with van der Waals surface area (Å²) in [6.07, 6.45) is 5.36. The number of hydrogen-bond donors (Lipinski definition) is 1. The standard InChI is InChI=1S/C25H27N3O2/c1-2-28-25(30)22(24(29)26-20-16-10-5-11-17-20)21(18-12-6-3-7-13-18)23(27-28)19-14-8-4-9-15-19/h3-4,6-9,12-15,20H,2,5,10-11,16-17H2,1H3,(H,26,29). The zero-order valence-electron chi connectivity index (χ0n) is 17.3. The minimum Gasteiger partial charge on any atom is -0.349 e. The van der Waals surface area contributed by atoms with Crippen LogP contribution >= 0.6 is 0 Å². The number of aromatic nitrogens is 2. The van der Waals surface area contributed by atoms with Crippen LogP contribution in [0.5, 0.6) is 0 Å². The van der Waals surface area contributed by atoms with Crippen LogP contribution in [0.2, 0.25) is 0 Å². The van der Waals surface area contributed by atoms with Crippen LogP contribution in [0.25, 0.3) is 22.4 Å². The van der Waals surface area contributed by atoms with Crippen molar-refractivity contribution in [2.24, 2.45) is 0 Å². The summed E-state index contributed by atoms with van der Waals surface area (Å²) >= 11 is 0. The Labute approximate surface area is 176 Å². The monoisotopic (exact) mass is 401 g/mol. The first-order valence-electron chi connectivity index (χ1n) is 10.8. The lowest BCUT2D eigenvalue weighted by molar-refractivity contribution is 0.0926. The highest BCUT2D eigenvalue weighted by atomic mass is 16.2. The van der Waals surface area contributed by atoms with E-state index in [1.54, 1.807) is 0 Å². The van der Waals surface area contributed by atoms with Crippen LogP contribution < -0.4 is 10.9 Å². The van der Waals surface area contributed by atoms with Gasteiger partial charge in [-0.05, 0) is 25.3 Å². The first-order chi connectivity index (χ1) is 14.7. The number of carbonyl (C=O) groups is 1. The van der Waals surface area contributed by atoms with Crippen LogP contribution in [0.15, 0.2) is 65.5 Å².